The molecule has 106 valence electrons. The minimum atomic E-state index is -0.355. The second-order valence-electron chi connectivity index (χ2n) is 5.76. The Balaban J connectivity index is 2.23. The minimum Gasteiger partial charge on any atom is -0.392 e. The molecule has 2 nitrogen and oxygen atoms in total. The van der Waals surface area contributed by atoms with Crippen molar-refractivity contribution in [2.45, 2.75) is 51.0 Å². The number of hydrogen-bond donors (Lipinski definition) is 2. The van der Waals surface area contributed by atoms with Crippen molar-refractivity contribution in [1.29, 1.82) is 0 Å². The zero-order chi connectivity index (χ0) is 13.9. The molecule has 0 heterocycles. The van der Waals surface area contributed by atoms with Gasteiger partial charge in [0.15, 0.2) is 0 Å². The number of aliphatic hydroxyl groups is 1. The SMILES string of the molecule is CCC1(C(O)C(CN)c2ccc(Cl)cc2)CCCC1. The van der Waals surface area contributed by atoms with Crippen molar-refractivity contribution < 1.29 is 5.11 Å². The summed E-state index contributed by atoms with van der Waals surface area (Å²) in [6, 6.07) is 7.72. The largest absolute Gasteiger partial charge is 0.392 e. The van der Waals surface area contributed by atoms with Gasteiger partial charge in [-0.05, 0) is 42.4 Å². The third-order valence-electron chi connectivity index (χ3n) is 4.86. The zero-order valence-corrected chi connectivity index (χ0v) is 12.4. The molecule has 0 aliphatic heterocycles. The van der Waals surface area contributed by atoms with Crippen molar-refractivity contribution >= 4 is 11.6 Å². The summed E-state index contributed by atoms with van der Waals surface area (Å²) < 4.78 is 0. The molecule has 1 aromatic carbocycles. The summed E-state index contributed by atoms with van der Waals surface area (Å²) in [5.74, 6) is 0.00955. The third-order valence-corrected chi connectivity index (χ3v) is 5.12. The lowest BCUT2D eigenvalue weighted by molar-refractivity contribution is 0.00601. The van der Waals surface area contributed by atoms with E-state index in [-0.39, 0.29) is 17.4 Å². The van der Waals surface area contributed by atoms with E-state index in [0.29, 0.717) is 6.54 Å². The van der Waals surface area contributed by atoms with Crippen LogP contribution in [0.5, 0.6) is 0 Å². The van der Waals surface area contributed by atoms with Gasteiger partial charge in [-0.2, -0.15) is 0 Å². The van der Waals surface area contributed by atoms with Crippen LogP contribution in [0.1, 0.15) is 50.5 Å². The van der Waals surface area contributed by atoms with Gasteiger partial charge in [0, 0.05) is 17.5 Å². The molecule has 0 radical (unpaired) electrons. The van der Waals surface area contributed by atoms with E-state index in [9.17, 15) is 5.11 Å². The van der Waals surface area contributed by atoms with Crippen molar-refractivity contribution in [3.8, 4) is 0 Å². The molecule has 0 amide bonds. The Bertz CT molecular complexity index is 398. The Morgan fingerprint density at radius 3 is 2.32 bits per heavy atom. The quantitative estimate of drug-likeness (QED) is 0.864. The summed E-state index contributed by atoms with van der Waals surface area (Å²) in [7, 11) is 0. The summed E-state index contributed by atoms with van der Waals surface area (Å²) in [6.45, 7) is 2.66. The average Bonchev–Trinajstić information content (AvgIpc) is 2.91. The molecule has 1 aromatic rings. The molecular weight excluding hydrogens is 258 g/mol. The topological polar surface area (TPSA) is 46.2 Å². The molecule has 1 saturated carbocycles. The molecule has 2 unspecified atom stereocenters. The molecule has 2 atom stereocenters. The van der Waals surface area contributed by atoms with Gasteiger partial charge >= 0.3 is 0 Å². The second-order valence-corrected chi connectivity index (χ2v) is 6.20. The predicted octanol–water partition coefficient (Wildman–Crippen LogP) is 3.71. The lowest BCUT2D eigenvalue weighted by atomic mass is 9.71. The van der Waals surface area contributed by atoms with Gasteiger partial charge in [-0.15, -0.1) is 0 Å². The Labute approximate surface area is 121 Å². The predicted molar refractivity (Wildman–Crippen MR) is 80.4 cm³/mol. The molecule has 3 N–H and O–H groups in total. The van der Waals surface area contributed by atoms with Gasteiger partial charge in [0.05, 0.1) is 6.10 Å². The van der Waals surface area contributed by atoms with E-state index in [1.54, 1.807) is 0 Å². The van der Waals surface area contributed by atoms with Crippen LogP contribution in [0.3, 0.4) is 0 Å². The van der Waals surface area contributed by atoms with Crippen LogP contribution in [-0.2, 0) is 0 Å². The van der Waals surface area contributed by atoms with E-state index in [1.165, 1.54) is 12.8 Å². The molecular formula is C16H24ClNO. The van der Waals surface area contributed by atoms with Crippen LogP contribution in [0.4, 0.5) is 0 Å². The van der Waals surface area contributed by atoms with Crippen LogP contribution in [0.25, 0.3) is 0 Å². The number of benzene rings is 1. The Morgan fingerprint density at radius 2 is 1.84 bits per heavy atom. The molecule has 0 aromatic heterocycles. The standard InChI is InChI=1S/C16H24ClNO/c1-2-16(9-3-4-10-16)15(19)14(11-18)12-5-7-13(17)8-6-12/h5-8,14-15,19H,2-4,9-11,18H2,1H3. The van der Waals surface area contributed by atoms with Crippen molar-refractivity contribution in [3.05, 3.63) is 34.9 Å². The van der Waals surface area contributed by atoms with Crippen molar-refractivity contribution in [2.75, 3.05) is 6.54 Å². The van der Waals surface area contributed by atoms with E-state index in [2.05, 4.69) is 6.92 Å². The Hall–Kier alpha value is -0.570. The molecule has 2 rings (SSSR count). The van der Waals surface area contributed by atoms with Crippen LogP contribution in [0.2, 0.25) is 5.02 Å². The number of rotatable bonds is 5. The molecule has 1 aliphatic rings. The van der Waals surface area contributed by atoms with E-state index < -0.39 is 0 Å². The molecule has 0 bridgehead atoms. The first-order valence-electron chi connectivity index (χ1n) is 7.26. The molecule has 1 aliphatic carbocycles. The first-order valence-corrected chi connectivity index (χ1v) is 7.64. The fourth-order valence-electron chi connectivity index (χ4n) is 3.52. The number of nitrogens with two attached hydrogens (primary N) is 1. The number of aliphatic hydroxyl groups excluding tert-OH is 1. The number of hydrogen-bond acceptors (Lipinski definition) is 2. The average molecular weight is 282 g/mol. The van der Waals surface area contributed by atoms with Crippen LogP contribution in [-0.4, -0.2) is 17.8 Å². The van der Waals surface area contributed by atoms with E-state index >= 15 is 0 Å². The second kappa shape index (κ2) is 6.25. The monoisotopic (exact) mass is 281 g/mol. The van der Waals surface area contributed by atoms with Gasteiger partial charge in [-0.3, -0.25) is 0 Å². The summed E-state index contributed by atoms with van der Waals surface area (Å²) >= 11 is 5.93. The van der Waals surface area contributed by atoms with Crippen LogP contribution in [0.15, 0.2) is 24.3 Å². The minimum absolute atomic E-state index is 0.00955. The van der Waals surface area contributed by atoms with Crippen LogP contribution < -0.4 is 5.73 Å². The van der Waals surface area contributed by atoms with E-state index in [0.717, 1.165) is 29.8 Å². The molecule has 19 heavy (non-hydrogen) atoms. The van der Waals surface area contributed by atoms with Crippen LogP contribution >= 0.6 is 11.6 Å². The fraction of sp³-hybridized carbons (Fsp3) is 0.625. The van der Waals surface area contributed by atoms with Crippen molar-refractivity contribution in [2.24, 2.45) is 11.1 Å². The summed E-state index contributed by atoms with van der Waals surface area (Å²) in [4.78, 5) is 0. The Morgan fingerprint density at radius 1 is 1.26 bits per heavy atom. The van der Waals surface area contributed by atoms with E-state index in [1.807, 2.05) is 24.3 Å². The highest BCUT2D eigenvalue weighted by Crippen LogP contribution is 2.47. The normalized spacial score (nSPS) is 21.3. The molecule has 0 saturated heterocycles. The van der Waals surface area contributed by atoms with Gasteiger partial charge in [0.1, 0.15) is 0 Å². The summed E-state index contributed by atoms with van der Waals surface area (Å²) in [5, 5.41) is 11.6. The van der Waals surface area contributed by atoms with Gasteiger partial charge in [0.2, 0.25) is 0 Å². The highest BCUT2D eigenvalue weighted by Gasteiger charge is 2.42. The summed E-state index contributed by atoms with van der Waals surface area (Å²) in [6.07, 6.45) is 5.36. The van der Waals surface area contributed by atoms with Gasteiger partial charge in [-0.25, -0.2) is 0 Å². The lowest BCUT2D eigenvalue weighted by Gasteiger charge is -2.38. The Kier molecular flexibility index (Phi) is 4.88. The first-order chi connectivity index (χ1) is 9.13. The fourth-order valence-corrected chi connectivity index (χ4v) is 3.65. The maximum Gasteiger partial charge on any atom is 0.0676 e. The maximum absolute atomic E-state index is 10.9. The molecule has 0 spiro atoms. The van der Waals surface area contributed by atoms with E-state index in [4.69, 9.17) is 17.3 Å². The summed E-state index contributed by atoms with van der Waals surface area (Å²) in [5.41, 5.74) is 7.09. The smallest absolute Gasteiger partial charge is 0.0676 e. The van der Waals surface area contributed by atoms with Crippen molar-refractivity contribution in [3.63, 3.8) is 0 Å². The zero-order valence-electron chi connectivity index (χ0n) is 11.6. The maximum atomic E-state index is 10.9. The first kappa shape index (κ1) is 14.8. The van der Waals surface area contributed by atoms with Crippen molar-refractivity contribution in [1.82, 2.24) is 0 Å². The lowest BCUT2D eigenvalue weighted by Crippen LogP contribution is -2.40. The number of halogens is 1. The molecule has 3 heteroatoms. The highest BCUT2D eigenvalue weighted by molar-refractivity contribution is 6.30. The van der Waals surface area contributed by atoms with Gasteiger partial charge in [0.25, 0.3) is 0 Å². The van der Waals surface area contributed by atoms with Gasteiger partial charge in [-0.1, -0.05) is 43.5 Å². The highest BCUT2D eigenvalue weighted by atomic mass is 35.5. The molecule has 1 fully saturated rings. The third kappa shape index (κ3) is 2.96. The van der Waals surface area contributed by atoms with Gasteiger partial charge < -0.3 is 10.8 Å². The van der Waals surface area contributed by atoms with Crippen LogP contribution in [0, 0.1) is 5.41 Å².